The van der Waals surface area contributed by atoms with Gasteiger partial charge in [0, 0.05) is 31.9 Å². The maximum atomic E-state index is 12.4. The van der Waals surface area contributed by atoms with Crippen molar-refractivity contribution < 1.29 is 19.4 Å². The Bertz CT molecular complexity index is 841. The number of ether oxygens (including phenoxy) is 2. The van der Waals surface area contributed by atoms with Gasteiger partial charge in [-0.05, 0) is 75.5 Å². The average molecular weight is 427 g/mol. The number of aliphatic hydroxyl groups is 1. The molecule has 3 rings (SSSR count). The van der Waals surface area contributed by atoms with Gasteiger partial charge in [0.05, 0.1) is 7.11 Å². The van der Waals surface area contributed by atoms with Crippen LogP contribution in [0.15, 0.2) is 60.0 Å². The number of carbonyl (C=O) groups is 1. The third-order valence-corrected chi connectivity index (χ3v) is 5.46. The number of methoxy groups -OCH3 is 1. The number of amides is 1. The minimum atomic E-state index is -0.481. The molecule has 2 aliphatic rings. The summed E-state index contributed by atoms with van der Waals surface area (Å²) in [4.78, 5) is 16.6. The molecule has 1 heterocycles. The average Bonchev–Trinajstić information content (AvgIpc) is 2.74. The van der Waals surface area contributed by atoms with E-state index in [1.807, 2.05) is 50.0 Å². The molecule has 168 valence electrons. The second-order valence-corrected chi connectivity index (χ2v) is 9.09. The molecule has 1 fully saturated rings. The maximum Gasteiger partial charge on any atom is 0.410 e. The van der Waals surface area contributed by atoms with Gasteiger partial charge in [-0.3, -0.25) is 0 Å². The lowest BCUT2D eigenvalue weighted by Crippen LogP contribution is -2.46. The summed E-state index contributed by atoms with van der Waals surface area (Å²) >= 11 is 0. The molecule has 0 aromatic heterocycles. The smallest absolute Gasteiger partial charge is 0.410 e. The van der Waals surface area contributed by atoms with Gasteiger partial charge in [-0.2, -0.15) is 0 Å². The molecule has 0 radical (unpaired) electrons. The van der Waals surface area contributed by atoms with Gasteiger partial charge >= 0.3 is 6.09 Å². The summed E-state index contributed by atoms with van der Waals surface area (Å²) in [5.41, 5.74) is 1.87. The van der Waals surface area contributed by atoms with E-state index in [4.69, 9.17) is 9.47 Å². The van der Waals surface area contributed by atoms with E-state index in [9.17, 15) is 9.90 Å². The molecule has 1 aliphatic heterocycles. The van der Waals surface area contributed by atoms with Crippen molar-refractivity contribution in [1.29, 1.82) is 0 Å². The summed E-state index contributed by atoms with van der Waals surface area (Å²) in [6.45, 7) is 7.81. The summed E-state index contributed by atoms with van der Waals surface area (Å²) in [6, 6.07) is 8.45. The molecule has 1 aromatic rings. The Kier molecular flexibility index (Phi) is 7.31. The van der Waals surface area contributed by atoms with Gasteiger partial charge < -0.3 is 24.4 Å². The maximum absolute atomic E-state index is 12.4. The van der Waals surface area contributed by atoms with Crippen LogP contribution in [-0.4, -0.2) is 52.8 Å². The SMILES string of the molecule is COc1ccc(CN(C=C2C=CC(O)=CC2)C2CCN(C(=O)OC(C)(C)C)CC2)cc1. The van der Waals surface area contributed by atoms with E-state index in [1.54, 1.807) is 13.2 Å². The molecular formula is C25H34N2O4. The number of allylic oxidation sites excluding steroid dienone is 4. The molecule has 0 spiro atoms. The monoisotopic (exact) mass is 426 g/mol. The van der Waals surface area contributed by atoms with E-state index in [0.717, 1.165) is 30.7 Å². The molecule has 1 aromatic carbocycles. The molecule has 0 unspecified atom stereocenters. The Balaban J connectivity index is 1.70. The highest BCUT2D eigenvalue weighted by atomic mass is 16.6. The first-order valence-corrected chi connectivity index (χ1v) is 10.9. The largest absolute Gasteiger partial charge is 0.508 e. The van der Waals surface area contributed by atoms with Crippen LogP contribution in [0.2, 0.25) is 0 Å². The van der Waals surface area contributed by atoms with Crippen LogP contribution >= 0.6 is 0 Å². The molecular weight excluding hydrogens is 392 g/mol. The molecule has 6 heteroatoms. The summed E-state index contributed by atoms with van der Waals surface area (Å²) in [7, 11) is 1.67. The number of piperidine rings is 1. The Morgan fingerprint density at radius 2 is 1.87 bits per heavy atom. The summed E-state index contributed by atoms with van der Waals surface area (Å²) in [6.07, 6.45) is 9.94. The molecule has 1 amide bonds. The fourth-order valence-electron chi connectivity index (χ4n) is 3.79. The van der Waals surface area contributed by atoms with Gasteiger partial charge in [-0.1, -0.05) is 18.2 Å². The predicted molar refractivity (Wildman–Crippen MR) is 122 cm³/mol. The van der Waals surface area contributed by atoms with Crippen molar-refractivity contribution in [3.63, 3.8) is 0 Å². The molecule has 0 saturated carbocycles. The first-order valence-electron chi connectivity index (χ1n) is 10.9. The first-order chi connectivity index (χ1) is 14.7. The fraction of sp³-hybridized carbons (Fsp3) is 0.480. The van der Waals surface area contributed by atoms with Gasteiger partial charge in [-0.15, -0.1) is 0 Å². The van der Waals surface area contributed by atoms with E-state index in [0.29, 0.717) is 31.3 Å². The van der Waals surface area contributed by atoms with Gasteiger partial charge in [0.1, 0.15) is 17.1 Å². The number of carbonyl (C=O) groups excluding carboxylic acids is 1. The first kappa shape index (κ1) is 22.8. The normalized spacial score (nSPS) is 18.6. The van der Waals surface area contributed by atoms with Crippen LogP contribution in [-0.2, 0) is 11.3 Å². The fourth-order valence-corrected chi connectivity index (χ4v) is 3.79. The van der Waals surface area contributed by atoms with Crippen LogP contribution in [0.25, 0.3) is 0 Å². The molecule has 1 saturated heterocycles. The summed E-state index contributed by atoms with van der Waals surface area (Å²) in [5.74, 6) is 1.15. The van der Waals surface area contributed by atoms with E-state index < -0.39 is 5.60 Å². The highest BCUT2D eigenvalue weighted by molar-refractivity contribution is 5.68. The van der Waals surface area contributed by atoms with Crippen molar-refractivity contribution in [2.45, 2.75) is 58.2 Å². The predicted octanol–water partition coefficient (Wildman–Crippen LogP) is 5.18. The van der Waals surface area contributed by atoms with E-state index >= 15 is 0 Å². The van der Waals surface area contributed by atoms with E-state index in [-0.39, 0.29) is 6.09 Å². The zero-order valence-electron chi connectivity index (χ0n) is 19.0. The molecule has 31 heavy (non-hydrogen) atoms. The Labute approximate surface area is 185 Å². The quantitative estimate of drug-likeness (QED) is 0.703. The molecule has 6 nitrogen and oxygen atoms in total. The van der Waals surface area contributed by atoms with Crippen molar-refractivity contribution >= 4 is 6.09 Å². The minimum absolute atomic E-state index is 0.234. The number of hydrogen-bond acceptors (Lipinski definition) is 5. The van der Waals surface area contributed by atoms with Crippen molar-refractivity contribution in [3.05, 3.63) is 65.6 Å². The molecule has 0 atom stereocenters. The van der Waals surface area contributed by atoms with Gasteiger partial charge in [-0.25, -0.2) is 4.79 Å². The van der Waals surface area contributed by atoms with Gasteiger partial charge in [0.2, 0.25) is 0 Å². The standard InChI is InChI=1S/C25H34N2O4/c1-25(2,3)31-24(29)26-15-13-21(14-16-26)27(17-19-5-9-22(28)10-6-19)18-20-7-11-23(30-4)12-8-20/h5,7-12,17,21,28H,6,13-16,18H2,1-4H3. The zero-order chi connectivity index (χ0) is 22.4. The second-order valence-electron chi connectivity index (χ2n) is 9.09. The van der Waals surface area contributed by atoms with Crippen molar-refractivity contribution in [3.8, 4) is 5.75 Å². The van der Waals surface area contributed by atoms with Crippen molar-refractivity contribution in [1.82, 2.24) is 9.80 Å². The van der Waals surface area contributed by atoms with Crippen LogP contribution in [0.5, 0.6) is 5.75 Å². The number of likely N-dealkylation sites (tertiary alicyclic amines) is 1. The van der Waals surface area contributed by atoms with Crippen LogP contribution in [0.4, 0.5) is 4.79 Å². The minimum Gasteiger partial charge on any atom is -0.508 e. The highest BCUT2D eigenvalue weighted by Crippen LogP contribution is 2.24. The van der Waals surface area contributed by atoms with Gasteiger partial charge in [0.15, 0.2) is 0 Å². The Morgan fingerprint density at radius 3 is 2.42 bits per heavy atom. The van der Waals surface area contributed by atoms with Crippen molar-refractivity contribution in [2.24, 2.45) is 0 Å². The lowest BCUT2D eigenvalue weighted by Gasteiger charge is -2.39. The Morgan fingerprint density at radius 1 is 1.19 bits per heavy atom. The van der Waals surface area contributed by atoms with Crippen LogP contribution in [0.1, 0.15) is 45.6 Å². The number of benzene rings is 1. The molecule has 1 N–H and O–H groups in total. The van der Waals surface area contributed by atoms with E-state index in [1.165, 1.54) is 5.56 Å². The second kappa shape index (κ2) is 9.94. The number of rotatable bonds is 5. The summed E-state index contributed by atoms with van der Waals surface area (Å²) in [5, 5.41) is 9.63. The lowest BCUT2D eigenvalue weighted by atomic mass is 10.0. The molecule has 0 bridgehead atoms. The van der Waals surface area contributed by atoms with Crippen LogP contribution < -0.4 is 4.74 Å². The lowest BCUT2D eigenvalue weighted by molar-refractivity contribution is 0.0162. The summed E-state index contributed by atoms with van der Waals surface area (Å²) < 4.78 is 10.8. The molecule has 1 aliphatic carbocycles. The van der Waals surface area contributed by atoms with E-state index in [2.05, 4.69) is 23.2 Å². The zero-order valence-corrected chi connectivity index (χ0v) is 19.0. The van der Waals surface area contributed by atoms with Crippen LogP contribution in [0, 0.1) is 0 Å². The van der Waals surface area contributed by atoms with Crippen LogP contribution in [0.3, 0.4) is 0 Å². The number of aliphatic hydroxyl groups excluding tert-OH is 1. The Hall–Kier alpha value is -2.89. The van der Waals surface area contributed by atoms with Gasteiger partial charge in [0.25, 0.3) is 0 Å². The van der Waals surface area contributed by atoms with Crippen molar-refractivity contribution in [2.75, 3.05) is 20.2 Å². The topological polar surface area (TPSA) is 62.2 Å². The number of hydrogen-bond donors (Lipinski definition) is 1. The highest BCUT2D eigenvalue weighted by Gasteiger charge is 2.29. The number of nitrogens with zero attached hydrogens (tertiary/aromatic N) is 2. The third-order valence-electron chi connectivity index (χ3n) is 5.46. The third kappa shape index (κ3) is 6.81.